The second-order valence-corrected chi connectivity index (χ2v) is 3.86. The Bertz CT molecular complexity index is 319. The van der Waals surface area contributed by atoms with E-state index in [-0.39, 0.29) is 0 Å². The van der Waals surface area contributed by atoms with Crippen LogP contribution in [0.15, 0.2) is 54.6 Å². The van der Waals surface area contributed by atoms with Gasteiger partial charge >= 0.3 is 0 Å². The van der Waals surface area contributed by atoms with Gasteiger partial charge in [-0.1, -0.05) is 74.9 Å². The van der Waals surface area contributed by atoms with Gasteiger partial charge in [0.2, 0.25) is 0 Å². The molecule has 0 heteroatoms. The zero-order chi connectivity index (χ0) is 11.1. The summed E-state index contributed by atoms with van der Waals surface area (Å²) in [4.78, 5) is 0. The van der Waals surface area contributed by atoms with Crippen LogP contribution < -0.4 is 0 Å². The van der Waals surface area contributed by atoms with E-state index in [0.717, 1.165) is 6.42 Å². The van der Waals surface area contributed by atoms with Gasteiger partial charge in [-0.3, -0.25) is 0 Å². The van der Waals surface area contributed by atoms with E-state index in [9.17, 15) is 0 Å². The van der Waals surface area contributed by atoms with E-state index in [1.165, 1.54) is 17.6 Å². The summed E-state index contributed by atoms with van der Waals surface area (Å²) in [5.41, 5.74) is 2.86. The van der Waals surface area contributed by atoms with Crippen molar-refractivity contribution in [3.63, 3.8) is 0 Å². The van der Waals surface area contributed by atoms with Crippen molar-refractivity contribution >= 4 is 0 Å². The first-order valence-electron chi connectivity index (χ1n) is 5.66. The molecule has 1 atom stereocenters. The largest absolute Gasteiger partial charge is 0.0991 e. The monoisotopic (exact) mass is 200 g/mol. The van der Waals surface area contributed by atoms with E-state index in [1.807, 2.05) is 6.08 Å². The molecule has 0 saturated carbocycles. The number of allylic oxidation sites excluding steroid dienone is 3. The standard InChI is InChI=1S/C15H20/c1-4-9-14(10-5-2)13(3)15-11-7-6-8-12-15/h4,6-9,11-13H,1,5,10H2,2-3H3/b14-9+. The van der Waals surface area contributed by atoms with Crippen molar-refractivity contribution in [2.45, 2.75) is 32.6 Å². The van der Waals surface area contributed by atoms with Crippen molar-refractivity contribution in [1.29, 1.82) is 0 Å². The van der Waals surface area contributed by atoms with E-state index >= 15 is 0 Å². The molecule has 0 spiro atoms. The minimum absolute atomic E-state index is 0.504. The predicted octanol–water partition coefficient (Wildman–Crippen LogP) is 4.70. The average molecular weight is 200 g/mol. The van der Waals surface area contributed by atoms with E-state index in [1.54, 1.807) is 0 Å². The van der Waals surface area contributed by atoms with Crippen molar-refractivity contribution in [3.05, 3.63) is 60.2 Å². The van der Waals surface area contributed by atoms with Gasteiger partial charge in [0, 0.05) is 5.92 Å². The normalized spacial score (nSPS) is 13.6. The smallest absolute Gasteiger partial charge is 0.00229 e. The lowest BCUT2D eigenvalue weighted by molar-refractivity contribution is 0.783. The van der Waals surface area contributed by atoms with Gasteiger partial charge in [0.1, 0.15) is 0 Å². The Morgan fingerprint density at radius 2 is 2.00 bits per heavy atom. The van der Waals surface area contributed by atoms with Gasteiger partial charge < -0.3 is 0 Å². The molecule has 0 aromatic heterocycles. The zero-order valence-electron chi connectivity index (χ0n) is 9.74. The maximum atomic E-state index is 3.78. The van der Waals surface area contributed by atoms with Crippen LogP contribution in [0.4, 0.5) is 0 Å². The fourth-order valence-electron chi connectivity index (χ4n) is 1.84. The van der Waals surface area contributed by atoms with E-state index in [0.29, 0.717) is 5.92 Å². The molecule has 0 aliphatic carbocycles. The molecular weight excluding hydrogens is 180 g/mol. The lowest BCUT2D eigenvalue weighted by Gasteiger charge is -2.15. The number of benzene rings is 1. The Morgan fingerprint density at radius 3 is 2.53 bits per heavy atom. The van der Waals surface area contributed by atoms with Gasteiger partial charge in [0.05, 0.1) is 0 Å². The third-order valence-corrected chi connectivity index (χ3v) is 2.73. The van der Waals surface area contributed by atoms with E-state index in [2.05, 4.69) is 56.8 Å². The molecule has 1 aromatic rings. The maximum absolute atomic E-state index is 3.78. The molecule has 1 rings (SSSR count). The summed E-state index contributed by atoms with van der Waals surface area (Å²) in [6, 6.07) is 10.6. The van der Waals surface area contributed by atoms with Crippen LogP contribution >= 0.6 is 0 Å². The molecule has 0 radical (unpaired) electrons. The highest BCUT2D eigenvalue weighted by Crippen LogP contribution is 2.26. The van der Waals surface area contributed by atoms with Crippen LogP contribution in [0, 0.1) is 0 Å². The Labute approximate surface area is 93.3 Å². The summed E-state index contributed by atoms with van der Waals surface area (Å²) < 4.78 is 0. The summed E-state index contributed by atoms with van der Waals surface area (Å²) in [7, 11) is 0. The van der Waals surface area contributed by atoms with Crippen LogP contribution in [0.2, 0.25) is 0 Å². The molecule has 0 nitrogen and oxygen atoms in total. The number of hydrogen-bond donors (Lipinski definition) is 0. The molecule has 0 N–H and O–H groups in total. The molecule has 15 heavy (non-hydrogen) atoms. The lowest BCUT2D eigenvalue weighted by Crippen LogP contribution is -1.97. The molecule has 0 aliphatic heterocycles. The van der Waals surface area contributed by atoms with Crippen LogP contribution in [-0.4, -0.2) is 0 Å². The SMILES string of the molecule is C=C/C=C(\CCC)C(C)c1ccccc1. The van der Waals surface area contributed by atoms with Gasteiger partial charge in [-0.25, -0.2) is 0 Å². The van der Waals surface area contributed by atoms with E-state index < -0.39 is 0 Å². The van der Waals surface area contributed by atoms with Crippen molar-refractivity contribution in [2.24, 2.45) is 0 Å². The van der Waals surface area contributed by atoms with Gasteiger partial charge in [0.25, 0.3) is 0 Å². The summed E-state index contributed by atoms with van der Waals surface area (Å²) in [5, 5.41) is 0. The average Bonchev–Trinajstić information content (AvgIpc) is 2.29. The minimum Gasteiger partial charge on any atom is -0.0991 e. The Morgan fingerprint density at radius 1 is 1.33 bits per heavy atom. The van der Waals surface area contributed by atoms with Crippen molar-refractivity contribution in [2.75, 3.05) is 0 Å². The summed E-state index contributed by atoms with van der Waals surface area (Å²) in [6.07, 6.45) is 6.39. The predicted molar refractivity (Wildman–Crippen MR) is 68.0 cm³/mol. The minimum atomic E-state index is 0.504. The summed E-state index contributed by atoms with van der Waals surface area (Å²) in [5.74, 6) is 0.504. The third kappa shape index (κ3) is 3.39. The highest BCUT2D eigenvalue weighted by Gasteiger charge is 2.08. The molecule has 1 unspecified atom stereocenters. The topological polar surface area (TPSA) is 0 Å². The van der Waals surface area contributed by atoms with Crippen LogP contribution in [0.3, 0.4) is 0 Å². The Kier molecular flexibility index (Phi) is 4.89. The number of rotatable bonds is 5. The molecule has 80 valence electrons. The van der Waals surface area contributed by atoms with Gasteiger partial charge in [0.15, 0.2) is 0 Å². The Hall–Kier alpha value is -1.30. The number of hydrogen-bond acceptors (Lipinski definition) is 0. The fraction of sp³-hybridized carbons (Fsp3) is 0.333. The van der Waals surface area contributed by atoms with Crippen LogP contribution in [0.5, 0.6) is 0 Å². The van der Waals surface area contributed by atoms with Gasteiger partial charge in [-0.05, 0) is 12.0 Å². The van der Waals surface area contributed by atoms with Crippen LogP contribution in [0.25, 0.3) is 0 Å². The molecule has 0 saturated heterocycles. The quantitative estimate of drug-likeness (QED) is 0.604. The van der Waals surface area contributed by atoms with Crippen molar-refractivity contribution < 1.29 is 0 Å². The van der Waals surface area contributed by atoms with Crippen LogP contribution in [0.1, 0.15) is 38.2 Å². The molecule has 0 bridgehead atoms. The molecule has 1 aromatic carbocycles. The van der Waals surface area contributed by atoms with E-state index in [4.69, 9.17) is 0 Å². The third-order valence-electron chi connectivity index (χ3n) is 2.73. The highest BCUT2D eigenvalue weighted by molar-refractivity contribution is 5.29. The second-order valence-electron chi connectivity index (χ2n) is 3.86. The molecule has 0 amide bonds. The Balaban J connectivity index is 2.85. The molecule has 0 aliphatic rings. The molecule has 0 fully saturated rings. The van der Waals surface area contributed by atoms with Crippen LogP contribution in [-0.2, 0) is 0 Å². The first-order chi connectivity index (χ1) is 7.29. The van der Waals surface area contributed by atoms with Gasteiger partial charge in [-0.2, -0.15) is 0 Å². The fourth-order valence-corrected chi connectivity index (χ4v) is 1.84. The summed E-state index contributed by atoms with van der Waals surface area (Å²) >= 11 is 0. The summed E-state index contributed by atoms with van der Waals surface area (Å²) in [6.45, 7) is 8.26. The van der Waals surface area contributed by atoms with Crippen molar-refractivity contribution in [1.82, 2.24) is 0 Å². The molecular formula is C15H20. The maximum Gasteiger partial charge on any atom is 0.00229 e. The first-order valence-corrected chi connectivity index (χ1v) is 5.66. The highest BCUT2D eigenvalue weighted by atomic mass is 14.1. The lowest BCUT2D eigenvalue weighted by atomic mass is 9.90. The zero-order valence-corrected chi connectivity index (χ0v) is 9.74. The molecule has 0 heterocycles. The second kappa shape index (κ2) is 6.23. The van der Waals surface area contributed by atoms with Crippen molar-refractivity contribution in [3.8, 4) is 0 Å². The van der Waals surface area contributed by atoms with Gasteiger partial charge in [-0.15, -0.1) is 0 Å². The first kappa shape index (κ1) is 11.8.